The number of nitrogen functional groups attached to an aromatic ring is 1. The predicted molar refractivity (Wildman–Crippen MR) is 81.0 cm³/mol. The number of rotatable bonds is 4. The Morgan fingerprint density at radius 2 is 1.75 bits per heavy atom. The molecule has 1 aromatic carbocycles. The summed E-state index contributed by atoms with van der Waals surface area (Å²) in [4.78, 5) is 17.0. The van der Waals surface area contributed by atoms with Crippen molar-refractivity contribution in [1.29, 1.82) is 0 Å². The minimum atomic E-state index is 0.387. The molecule has 0 spiro atoms. The lowest BCUT2D eigenvalue weighted by molar-refractivity contribution is 1.05. The Balaban J connectivity index is 1.72. The molecule has 2 N–H and O–H groups in total. The van der Waals surface area contributed by atoms with Crippen molar-refractivity contribution in [3.63, 3.8) is 0 Å². The van der Waals surface area contributed by atoms with E-state index in [1.165, 1.54) is 5.56 Å². The Labute approximate surface area is 120 Å². The second-order valence-electron chi connectivity index (χ2n) is 4.23. The molecule has 0 saturated heterocycles. The van der Waals surface area contributed by atoms with Gasteiger partial charge in [0.1, 0.15) is 11.3 Å². The van der Waals surface area contributed by atoms with E-state index < -0.39 is 0 Å². The second-order valence-corrected chi connectivity index (χ2v) is 5.22. The Morgan fingerprint density at radius 3 is 2.60 bits per heavy atom. The number of fused-ring (bicyclic) bond motifs is 1. The van der Waals surface area contributed by atoms with Crippen LogP contribution in [0.5, 0.6) is 0 Å². The summed E-state index contributed by atoms with van der Waals surface area (Å²) < 4.78 is 0. The van der Waals surface area contributed by atoms with Crippen molar-refractivity contribution in [3.05, 3.63) is 54.1 Å². The predicted octanol–water partition coefficient (Wildman–Crippen LogP) is 2.44. The first kappa shape index (κ1) is 12.8. The minimum absolute atomic E-state index is 0.387. The van der Waals surface area contributed by atoms with Crippen LogP contribution in [0, 0.1) is 0 Å². The minimum Gasteiger partial charge on any atom is -0.382 e. The van der Waals surface area contributed by atoms with Crippen molar-refractivity contribution >= 4 is 28.7 Å². The molecule has 5 nitrogen and oxygen atoms in total. The normalized spacial score (nSPS) is 10.8. The Hall–Kier alpha value is -2.21. The number of benzene rings is 1. The van der Waals surface area contributed by atoms with E-state index in [1.807, 2.05) is 18.2 Å². The molecular weight excluding hydrogens is 270 g/mol. The number of thioether (sulfide) groups is 1. The van der Waals surface area contributed by atoms with E-state index in [2.05, 4.69) is 32.1 Å². The zero-order valence-electron chi connectivity index (χ0n) is 10.7. The lowest BCUT2D eigenvalue weighted by Crippen LogP contribution is -2.02. The van der Waals surface area contributed by atoms with Gasteiger partial charge >= 0.3 is 0 Å². The molecule has 0 bridgehead atoms. The zero-order chi connectivity index (χ0) is 13.8. The van der Waals surface area contributed by atoms with Crippen molar-refractivity contribution in [3.8, 4) is 0 Å². The van der Waals surface area contributed by atoms with Crippen LogP contribution in [0.4, 0.5) is 5.82 Å². The van der Waals surface area contributed by atoms with Gasteiger partial charge in [-0.2, -0.15) is 0 Å². The number of nitrogens with zero attached hydrogens (tertiary/aromatic N) is 4. The summed E-state index contributed by atoms with van der Waals surface area (Å²) in [6.07, 6.45) is 3.20. The number of aromatic nitrogens is 4. The molecule has 0 radical (unpaired) electrons. The molecule has 6 heteroatoms. The van der Waals surface area contributed by atoms with E-state index in [0.717, 1.165) is 5.75 Å². The molecule has 3 rings (SSSR count). The van der Waals surface area contributed by atoms with Crippen molar-refractivity contribution in [1.82, 2.24) is 19.9 Å². The van der Waals surface area contributed by atoms with Crippen LogP contribution in [0.25, 0.3) is 11.2 Å². The lowest BCUT2D eigenvalue weighted by atomic mass is 10.2. The molecule has 0 saturated carbocycles. The number of hydrogen-bond donors (Lipinski definition) is 1. The quantitative estimate of drug-likeness (QED) is 0.792. The molecule has 2 heterocycles. The molecular formula is C14H13N5S. The third-order valence-electron chi connectivity index (χ3n) is 2.75. The van der Waals surface area contributed by atoms with Gasteiger partial charge in [-0.15, -0.1) is 11.8 Å². The van der Waals surface area contributed by atoms with Crippen LogP contribution < -0.4 is 5.73 Å². The van der Waals surface area contributed by atoms with Gasteiger partial charge in [0.2, 0.25) is 0 Å². The fourth-order valence-corrected chi connectivity index (χ4v) is 2.67. The fraction of sp³-hybridized carbons (Fsp3) is 0.143. The maximum absolute atomic E-state index is 5.88. The highest BCUT2D eigenvalue weighted by Crippen LogP contribution is 2.18. The van der Waals surface area contributed by atoms with Crippen LogP contribution in [0.15, 0.2) is 42.7 Å². The first-order valence-corrected chi connectivity index (χ1v) is 7.33. The molecule has 0 amide bonds. The molecule has 3 aromatic rings. The summed E-state index contributed by atoms with van der Waals surface area (Å²) in [6.45, 7) is 0. The van der Waals surface area contributed by atoms with E-state index in [9.17, 15) is 0 Å². The number of nitrogens with two attached hydrogens (primary N) is 1. The summed E-state index contributed by atoms with van der Waals surface area (Å²) in [5, 5.41) is 0. The zero-order valence-corrected chi connectivity index (χ0v) is 11.5. The number of hydrogen-bond acceptors (Lipinski definition) is 6. The topological polar surface area (TPSA) is 77.6 Å². The second kappa shape index (κ2) is 5.83. The van der Waals surface area contributed by atoms with Crippen LogP contribution >= 0.6 is 11.8 Å². The third-order valence-corrected chi connectivity index (χ3v) is 3.75. The number of anilines is 1. The van der Waals surface area contributed by atoms with Crippen LogP contribution in [-0.4, -0.2) is 19.9 Å². The average molecular weight is 283 g/mol. The Bertz CT molecular complexity index is 717. The van der Waals surface area contributed by atoms with Gasteiger partial charge in [-0.25, -0.2) is 19.9 Å². The summed E-state index contributed by atoms with van der Waals surface area (Å²) >= 11 is 1.75. The van der Waals surface area contributed by atoms with E-state index >= 15 is 0 Å². The smallest absolute Gasteiger partial charge is 0.183 e. The molecule has 0 aliphatic heterocycles. The van der Waals surface area contributed by atoms with Crippen LogP contribution in [0.1, 0.15) is 11.4 Å². The molecule has 20 heavy (non-hydrogen) atoms. The molecule has 0 aliphatic carbocycles. The van der Waals surface area contributed by atoms with Crippen molar-refractivity contribution in [2.24, 2.45) is 0 Å². The van der Waals surface area contributed by atoms with E-state index in [1.54, 1.807) is 24.2 Å². The molecule has 0 fully saturated rings. The van der Waals surface area contributed by atoms with E-state index in [0.29, 0.717) is 28.6 Å². The molecule has 0 unspecified atom stereocenters. The van der Waals surface area contributed by atoms with Crippen LogP contribution in [0.3, 0.4) is 0 Å². The first-order chi connectivity index (χ1) is 9.83. The maximum Gasteiger partial charge on any atom is 0.183 e. The molecule has 2 aromatic heterocycles. The first-order valence-electron chi connectivity index (χ1n) is 6.18. The lowest BCUT2D eigenvalue weighted by Gasteiger charge is -2.04. The summed E-state index contributed by atoms with van der Waals surface area (Å²) in [7, 11) is 0. The van der Waals surface area contributed by atoms with Crippen molar-refractivity contribution in [2.45, 2.75) is 11.5 Å². The summed E-state index contributed by atoms with van der Waals surface area (Å²) in [5.74, 6) is 2.70. The molecule has 100 valence electrons. The average Bonchev–Trinajstić information content (AvgIpc) is 2.48. The van der Waals surface area contributed by atoms with Crippen LogP contribution in [0.2, 0.25) is 0 Å². The van der Waals surface area contributed by atoms with Crippen molar-refractivity contribution < 1.29 is 0 Å². The largest absolute Gasteiger partial charge is 0.382 e. The van der Waals surface area contributed by atoms with E-state index in [-0.39, 0.29) is 0 Å². The molecule has 0 atom stereocenters. The van der Waals surface area contributed by atoms with Gasteiger partial charge in [0.05, 0.1) is 5.75 Å². The summed E-state index contributed by atoms with van der Waals surface area (Å²) in [6, 6.07) is 10.3. The molecule has 0 aliphatic rings. The van der Waals surface area contributed by atoms with Gasteiger partial charge in [-0.05, 0) is 5.56 Å². The third kappa shape index (κ3) is 2.85. The maximum atomic E-state index is 5.88. The SMILES string of the molecule is Nc1nc(CSCc2ccccc2)nc2nccnc12. The van der Waals surface area contributed by atoms with E-state index in [4.69, 9.17) is 5.73 Å². The monoisotopic (exact) mass is 283 g/mol. The Kier molecular flexibility index (Phi) is 3.73. The highest BCUT2D eigenvalue weighted by atomic mass is 32.2. The Morgan fingerprint density at radius 1 is 0.950 bits per heavy atom. The van der Waals surface area contributed by atoms with Gasteiger partial charge in [-0.1, -0.05) is 30.3 Å². The standard InChI is InChI=1S/C14H13N5S/c15-13-12-14(17-7-6-16-12)19-11(18-13)9-20-8-10-4-2-1-3-5-10/h1-7H,8-9H2,(H2,15,17,18,19). The fourth-order valence-electron chi connectivity index (χ4n) is 1.83. The highest BCUT2D eigenvalue weighted by Gasteiger charge is 2.07. The van der Waals surface area contributed by atoms with Gasteiger partial charge in [-0.3, -0.25) is 0 Å². The van der Waals surface area contributed by atoms with Gasteiger partial charge in [0.15, 0.2) is 11.5 Å². The van der Waals surface area contributed by atoms with Gasteiger partial charge in [0.25, 0.3) is 0 Å². The van der Waals surface area contributed by atoms with Gasteiger partial charge in [0, 0.05) is 18.1 Å². The highest BCUT2D eigenvalue weighted by molar-refractivity contribution is 7.97. The van der Waals surface area contributed by atoms with Crippen molar-refractivity contribution in [2.75, 3.05) is 5.73 Å². The van der Waals surface area contributed by atoms with Crippen LogP contribution in [-0.2, 0) is 11.5 Å². The van der Waals surface area contributed by atoms with Gasteiger partial charge < -0.3 is 5.73 Å². The summed E-state index contributed by atoms with van der Waals surface area (Å²) in [5.41, 5.74) is 8.27.